The van der Waals surface area contributed by atoms with Gasteiger partial charge < -0.3 is 10.2 Å². The van der Waals surface area contributed by atoms with Crippen molar-refractivity contribution in [1.82, 2.24) is 15.2 Å². The van der Waals surface area contributed by atoms with Gasteiger partial charge in [-0.25, -0.2) is 9.37 Å². The minimum absolute atomic E-state index is 0.000356. The van der Waals surface area contributed by atoms with Gasteiger partial charge in [0.25, 0.3) is 5.91 Å². The summed E-state index contributed by atoms with van der Waals surface area (Å²) in [6.07, 6.45) is 2.32. The number of likely N-dealkylation sites (tertiary alicyclic amines) is 1. The van der Waals surface area contributed by atoms with Gasteiger partial charge in [-0.2, -0.15) is 0 Å². The van der Waals surface area contributed by atoms with E-state index in [1.807, 2.05) is 0 Å². The number of halogens is 2. The van der Waals surface area contributed by atoms with Crippen molar-refractivity contribution in [2.45, 2.75) is 25.8 Å². The second-order valence-electron chi connectivity index (χ2n) is 4.76. The number of hydrogen-bond acceptors (Lipinski definition) is 3. The number of aromatic nitrogens is 1. The van der Waals surface area contributed by atoms with Crippen molar-refractivity contribution >= 4 is 23.4 Å². The Morgan fingerprint density at radius 2 is 2.10 bits per heavy atom. The SMILES string of the molecule is CC(=O)NC1CCN(C(=O)c2cc(F)cnc2Cl)CC1. The minimum Gasteiger partial charge on any atom is -0.353 e. The van der Waals surface area contributed by atoms with E-state index in [0.29, 0.717) is 25.9 Å². The van der Waals surface area contributed by atoms with E-state index in [-0.39, 0.29) is 28.6 Å². The molecule has 0 bridgehead atoms. The molecule has 0 saturated carbocycles. The summed E-state index contributed by atoms with van der Waals surface area (Å²) < 4.78 is 13.1. The lowest BCUT2D eigenvalue weighted by atomic mass is 10.0. The van der Waals surface area contributed by atoms with Crippen LogP contribution in [-0.4, -0.2) is 40.8 Å². The fraction of sp³-hybridized carbons (Fsp3) is 0.462. The molecular formula is C13H15ClFN3O2. The molecule has 5 nitrogen and oxygen atoms in total. The van der Waals surface area contributed by atoms with E-state index >= 15 is 0 Å². The van der Waals surface area contributed by atoms with Crippen molar-refractivity contribution < 1.29 is 14.0 Å². The summed E-state index contributed by atoms with van der Waals surface area (Å²) in [4.78, 5) is 28.5. The molecule has 2 rings (SSSR count). The number of carbonyl (C=O) groups excluding carboxylic acids is 2. The van der Waals surface area contributed by atoms with Gasteiger partial charge in [-0.05, 0) is 18.9 Å². The maximum atomic E-state index is 13.1. The molecule has 0 radical (unpaired) electrons. The van der Waals surface area contributed by atoms with E-state index in [1.165, 1.54) is 6.92 Å². The molecule has 0 spiro atoms. The van der Waals surface area contributed by atoms with E-state index in [2.05, 4.69) is 10.3 Å². The van der Waals surface area contributed by atoms with Gasteiger partial charge in [0.15, 0.2) is 0 Å². The molecule has 1 aromatic heterocycles. The molecule has 2 heterocycles. The first-order valence-electron chi connectivity index (χ1n) is 6.35. The smallest absolute Gasteiger partial charge is 0.257 e. The number of carbonyl (C=O) groups is 2. The monoisotopic (exact) mass is 299 g/mol. The zero-order chi connectivity index (χ0) is 14.7. The number of nitrogens with zero attached hydrogens (tertiary/aromatic N) is 2. The first-order valence-corrected chi connectivity index (χ1v) is 6.72. The van der Waals surface area contributed by atoms with Crippen LogP contribution in [0.1, 0.15) is 30.1 Å². The summed E-state index contributed by atoms with van der Waals surface area (Å²) in [6, 6.07) is 1.18. The van der Waals surface area contributed by atoms with Crippen LogP contribution < -0.4 is 5.32 Å². The molecule has 1 N–H and O–H groups in total. The van der Waals surface area contributed by atoms with E-state index in [1.54, 1.807) is 4.90 Å². The highest BCUT2D eigenvalue weighted by atomic mass is 35.5. The second-order valence-corrected chi connectivity index (χ2v) is 5.12. The zero-order valence-electron chi connectivity index (χ0n) is 11.0. The van der Waals surface area contributed by atoms with Crippen LogP contribution in [0.25, 0.3) is 0 Å². The Labute approximate surface area is 121 Å². The van der Waals surface area contributed by atoms with Crippen LogP contribution in [0.15, 0.2) is 12.3 Å². The molecule has 0 aliphatic carbocycles. The highest BCUT2D eigenvalue weighted by Crippen LogP contribution is 2.19. The lowest BCUT2D eigenvalue weighted by Gasteiger charge is -2.32. The van der Waals surface area contributed by atoms with E-state index in [4.69, 9.17) is 11.6 Å². The number of rotatable bonds is 2. The normalized spacial score (nSPS) is 16.1. The average Bonchev–Trinajstić information content (AvgIpc) is 2.41. The van der Waals surface area contributed by atoms with Crippen LogP contribution in [0.3, 0.4) is 0 Å². The maximum Gasteiger partial charge on any atom is 0.257 e. The standard InChI is InChI=1S/C13H15ClFN3O2/c1-8(19)17-10-2-4-18(5-3-10)13(20)11-6-9(15)7-16-12(11)14/h6-7,10H,2-5H2,1H3,(H,17,19). The molecule has 1 aliphatic heterocycles. The van der Waals surface area contributed by atoms with Crippen LogP contribution in [-0.2, 0) is 4.79 Å². The van der Waals surface area contributed by atoms with Crippen LogP contribution in [0.5, 0.6) is 0 Å². The summed E-state index contributed by atoms with van der Waals surface area (Å²) in [5, 5.41) is 2.83. The zero-order valence-corrected chi connectivity index (χ0v) is 11.8. The highest BCUT2D eigenvalue weighted by Gasteiger charge is 2.25. The Morgan fingerprint density at radius 3 is 2.70 bits per heavy atom. The first kappa shape index (κ1) is 14.7. The highest BCUT2D eigenvalue weighted by molar-refractivity contribution is 6.32. The number of piperidine rings is 1. The lowest BCUT2D eigenvalue weighted by Crippen LogP contribution is -2.46. The van der Waals surface area contributed by atoms with Crippen molar-refractivity contribution in [1.29, 1.82) is 0 Å². The molecule has 108 valence electrons. The quantitative estimate of drug-likeness (QED) is 0.844. The molecule has 1 aliphatic rings. The Kier molecular flexibility index (Phi) is 4.54. The Bertz CT molecular complexity index is 530. The van der Waals surface area contributed by atoms with Gasteiger partial charge in [-0.3, -0.25) is 9.59 Å². The Balaban J connectivity index is 2.01. The third kappa shape index (κ3) is 3.45. The first-order chi connectivity index (χ1) is 9.47. The van der Waals surface area contributed by atoms with Crippen LogP contribution in [0.4, 0.5) is 4.39 Å². The van der Waals surface area contributed by atoms with Gasteiger partial charge in [0.1, 0.15) is 11.0 Å². The van der Waals surface area contributed by atoms with Gasteiger partial charge in [-0.15, -0.1) is 0 Å². The van der Waals surface area contributed by atoms with Crippen LogP contribution >= 0.6 is 11.6 Å². The van der Waals surface area contributed by atoms with Crippen molar-refractivity contribution in [3.8, 4) is 0 Å². The van der Waals surface area contributed by atoms with Gasteiger partial charge in [0.05, 0.1) is 11.8 Å². The molecule has 2 amide bonds. The molecular weight excluding hydrogens is 285 g/mol. The van der Waals surface area contributed by atoms with Crippen molar-refractivity contribution in [2.75, 3.05) is 13.1 Å². The molecule has 1 saturated heterocycles. The summed E-state index contributed by atoms with van der Waals surface area (Å²) >= 11 is 5.83. The van der Waals surface area contributed by atoms with Gasteiger partial charge in [0, 0.05) is 26.1 Å². The fourth-order valence-corrected chi connectivity index (χ4v) is 2.44. The van der Waals surface area contributed by atoms with Crippen LogP contribution in [0, 0.1) is 5.82 Å². The van der Waals surface area contributed by atoms with Crippen molar-refractivity contribution in [3.63, 3.8) is 0 Å². The van der Waals surface area contributed by atoms with E-state index < -0.39 is 5.82 Å². The molecule has 1 fully saturated rings. The minimum atomic E-state index is -0.592. The van der Waals surface area contributed by atoms with Crippen molar-refractivity contribution in [2.24, 2.45) is 0 Å². The number of pyridine rings is 1. The summed E-state index contributed by atoms with van der Waals surface area (Å²) in [5.41, 5.74) is 0.0737. The maximum absolute atomic E-state index is 13.1. The largest absolute Gasteiger partial charge is 0.353 e. The van der Waals surface area contributed by atoms with Crippen molar-refractivity contribution in [3.05, 3.63) is 28.8 Å². The van der Waals surface area contributed by atoms with E-state index in [0.717, 1.165) is 12.3 Å². The number of hydrogen-bond donors (Lipinski definition) is 1. The Hall–Kier alpha value is -1.69. The van der Waals surface area contributed by atoms with Gasteiger partial charge >= 0.3 is 0 Å². The third-order valence-corrected chi connectivity index (χ3v) is 3.53. The topological polar surface area (TPSA) is 62.3 Å². The second kappa shape index (κ2) is 6.17. The van der Waals surface area contributed by atoms with E-state index in [9.17, 15) is 14.0 Å². The Morgan fingerprint density at radius 1 is 1.45 bits per heavy atom. The average molecular weight is 300 g/mol. The molecule has 7 heteroatoms. The molecule has 0 aromatic carbocycles. The molecule has 0 atom stereocenters. The molecule has 0 unspecified atom stereocenters. The van der Waals surface area contributed by atoms with Gasteiger partial charge in [0.2, 0.25) is 5.91 Å². The summed E-state index contributed by atoms with van der Waals surface area (Å²) in [5.74, 6) is -0.999. The summed E-state index contributed by atoms with van der Waals surface area (Å²) in [6.45, 7) is 2.46. The predicted octanol–water partition coefficient (Wildman–Crippen LogP) is 1.61. The number of nitrogens with one attached hydrogen (secondary N) is 1. The third-order valence-electron chi connectivity index (χ3n) is 3.23. The molecule has 20 heavy (non-hydrogen) atoms. The van der Waals surface area contributed by atoms with Gasteiger partial charge in [-0.1, -0.05) is 11.6 Å². The van der Waals surface area contributed by atoms with Crippen LogP contribution in [0.2, 0.25) is 5.15 Å². The lowest BCUT2D eigenvalue weighted by molar-refractivity contribution is -0.119. The molecule has 1 aromatic rings. The number of amides is 2. The fourth-order valence-electron chi connectivity index (χ4n) is 2.26. The predicted molar refractivity (Wildman–Crippen MR) is 71.9 cm³/mol. The summed E-state index contributed by atoms with van der Waals surface area (Å²) in [7, 11) is 0.